The van der Waals surface area contributed by atoms with Crippen LogP contribution in [0.2, 0.25) is 0 Å². The SMILES string of the molecule is O=C(O)CC1=CC=COO1. The molecule has 0 radical (unpaired) electrons. The summed E-state index contributed by atoms with van der Waals surface area (Å²) in [4.78, 5) is 18.9. The number of carbonyl (C=O) groups is 1. The maximum Gasteiger partial charge on any atom is 0.311 e. The Hall–Kier alpha value is -1.45. The van der Waals surface area contributed by atoms with Crippen LogP contribution in [0.15, 0.2) is 24.2 Å². The van der Waals surface area contributed by atoms with E-state index in [-0.39, 0.29) is 6.42 Å². The van der Waals surface area contributed by atoms with Crippen molar-refractivity contribution in [3.8, 4) is 0 Å². The van der Waals surface area contributed by atoms with Crippen LogP contribution in [-0.2, 0) is 14.6 Å². The standard InChI is InChI=1S/C6H6O4/c7-6(8)4-5-2-1-3-9-10-5/h1-3H,4H2,(H,7,8). The number of carboxylic acids is 1. The number of carboxylic acid groups (broad SMARTS) is 1. The molecule has 1 aliphatic rings. The lowest BCUT2D eigenvalue weighted by Gasteiger charge is -2.06. The summed E-state index contributed by atoms with van der Waals surface area (Å²) < 4.78 is 0. The maximum absolute atomic E-state index is 10.1. The molecule has 0 bridgehead atoms. The summed E-state index contributed by atoms with van der Waals surface area (Å²) in [5, 5.41) is 8.27. The number of allylic oxidation sites excluding steroid dienone is 2. The number of rotatable bonds is 2. The largest absolute Gasteiger partial charge is 0.481 e. The van der Waals surface area contributed by atoms with E-state index in [4.69, 9.17) is 5.11 Å². The Morgan fingerprint density at radius 1 is 1.70 bits per heavy atom. The molecule has 0 atom stereocenters. The number of hydrogen-bond acceptors (Lipinski definition) is 3. The van der Waals surface area contributed by atoms with E-state index in [9.17, 15) is 4.79 Å². The van der Waals surface area contributed by atoms with Crippen LogP contribution in [0.25, 0.3) is 0 Å². The highest BCUT2D eigenvalue weighted by atomic mass is 17.2. The van der Waals surface area contributed by atoms with Gasteiger partial charge >= 0.3 is 5.97 Å². The van der Waals surface area contributed by atoms with Crippen LogP contribution in [0.5, 0.6) is 0 Å². The van der Waals surface area contributed by atoms with E-state index >= 15 is 0 Å². The summed E-state index contributed by atoms with van der Waals surface area (Å²) >= 11 is 0. The fraction of sp³-hybridized carbons (Fsp3) is 0.167. The first-order chi connectivity index (χ1) is 4.79. The molecule has 0 aliphatic carbocycles. The Balaban J connectivity index is 2.47. The van der Waals surface area contributed by atoms with E-state index in [0.717, 1.165) is 0 Å². The van der Waals surface area contributed by atoms with Gasteiger partial charge in [0.25, 0.3) is 0 Å². The summed E-state index contributed by atoms with van der Waals surface area (Å²) in [6.45, 7) is 0. The van der Waals surface area contributed by atoms with Crippen LogP contribution in [0.1, 0.15) is 6.42 Å². The van der Waals surface area contributed by atoms with Crippen LogP contribution < -0.4 is 0 Å². The van der Waals surface area contributed by atoms with Gasteiger partial charge in [0.2, 0.25) is 0 Å². The molecule has 0 aromatic carbocycles. The molecule has 4 nitrogen and oxygen atoms in total. The fourth-order valence-corrected chi connectivity index (χ4v) is 0.533. The maximum atomic E-state index is 10.1. The fourth-order valence-electron chi connectivity index (χ4n) is 0.533. The Bertz CT molecular complexity index is 192. The predicted molar refractivity (Wildman–Crippen MR) is 31.6 cm³/mol. The van der Waals surface area contributed by atoms with Gasteiger partial charge in [-0.25, -0.2) is 0 Å². The lowest BCUT2D eigenvalue weighted by atomic mass is 10.3. The van der Waals surface area contributed by atoms with Crippen molar-refractivity contribution in [1.82, 2.24) is 0 Å². The Kier molecular flexibility index (Phi) is 1.94. The van der Waals surface area contributed by atoms with Crippen LogP contribution in [0, 0.1) is 0 Å². The second-order valence-electron chi connectivity index (χ2n) is 1.71. The Morgan fingerprint density at radius 3 is 3.00 bits per heavy atom. The summed E-state index contributed by atoms with van der Waals surface area (Å²) in [6.07, 6.45) is 4.29. The zero-order valence-electron chi connectivity index (χ0n) is 5.11. The molecule has 0 aromatic rings. The number of aliphatic carboxylic acids is 1. The van der Waals surface area contributed by atoms with E-state index in [2.05, 4.69) is 9.78 Å². The van der Waals surface area contributed by atoms with Crippen LogP contribution in [-0.4, -0.2) is 11.1 Å². The Labute approximate surface area is 57.3 Å². The van der Waals surface area contributed by atoms with Crippen molar-refractivity contribution in [2.45, 2.75) is 6.42 Å². The van der Waals surface area contributed by atoms with Crippen molar-refractivity contribution in [3.05, 3.63) is 24.2 Å². The van der Waals surface area contributed by atoms with E-state index in [1.54, 1.807) is 6.08 Å². The lowest BCUT2D eigenvalue weighted by molar-refractivity contribution is -0.217. The summed E-state index contributed by atoms with van der Waals surface area (Å²) in [5.74, 6) is -0.639. The van der Waals surface area contributed by atoms with Crippen molar-refractivity contribution >= 4 is 5.97 Å². The third kappa shape index (κ3) is 1.81. The second-order valence-corrected chi connectivity index (χ2v) is 1.71. The third-order valence-electron chi connectivity index (χ3n) is 0.897. The summed E-state index contributed by atoms with van der Waals surface area (Å²) in [6, 6.07) is 0. The first kappa shape index (κ1) is 6.67. The second kappa shape index (κ2) is 2.91. The minimum Gasteiger partial charge on any atom is -0.481 e. The van der Waals surface area contributed by atoms with Gasteiger partial charge < -0.3 is 5.11 Å². The van der Waals surface area contributed by atoms with Crippen molar-refractivity contribution in [3.63, 3.8) is 0 Å². The highest BCUT2D eigenvalue weighted by Crippen LogP contribution is 2.08. The highest BCUT2D eigenvalue weighted by Gasteiger charge is 2.06. The molecule has 4 heteroatoms. The van der Waals surface area contributed by atoms with Gasteiger partial charge in [0.1, 0.15) is 12.7 Å². The van der Waals surface area contributed by atoms with Gasteiger partial charge in [-0.05, 0) is 12.2 Å². The third-order valence-corrected chi connectivity index (χ3v) is 0.897. The summed E-state index contributed by atoms with van der Waals surface area (Å²) in [5.41, 5.74) is 0. The smallest absolute Gasteiger partial charge is 0.311 e. The van der Waals surface area contributed by atoms with Gasteiger partial charge in [0, 0.05) is 0 Å². The number of hydrogen-bond donors (Lipinski definition) is 1. The normalized spacial score (nSPS) is 15.0. The first-order valence-corrected chi connectivity index (χ1v) is 2.70. The average Bonchev–Trinajstić information content (AvgIpc) is 1.88. The predicted octanol–water partition coefficient (Wildman–Crippen LogP) is 0.821. The van der Waals surface area contributed by atoms with Crippen molar-refractivity contribution in [2.75, 3.05) is 0 Å². The minimum atomic E-state index is -0.940. The molecular formula is C6H6O4. The molecule has 0 spiro atoms. The molecule has 0 aromatic heterocycles. The molecule has 0 saturated carbocycles. The molecule has 0 saturated heterocycles. The zero-order chi connectivity index (χ0) is 7.40. The molecule has 1 N–H and O–H groups in total. The van der Waals surface area contributed by atoms with Gasteiger partial charge in [-0.15, -0.1) is 0 Å². The molecule has 0 fully saturated rings. The first-order valence-electron chi connectivity index (χ1n) is 2.70. The van der Waals surface area contributed by atoms with Crippen molar-refractivity contribution < 1.29 is 19.7 Å². The average molecular weight is 142 g/mol. The molecule has 10 heavy (non-hydrogen) atoms. The molecule has 1 aliphatic heterocycles. The van der Waals surface area contributed by atoms with E-state index in [1.165, 1.54) is 12.3 Å². The van der Waals surface area contributed by atoms with Gasteiger partial charge in [-0.3, -0.25) is 14.6 Å². The van der Waals surface area contributed by atoms with Crippen molar-refractivity contribution in [1.29, 1.82) is 0 Å². The molecule has 54 valence electrons. The monoisotopic (exact) mass is 142 g/mol. The van der Waals surface area contributed by atoms with Crippen LogP contribution in [0.3, 0.4) is 0 Å². The van der Waals surface area contributed by atoms with E-state index in [0.29, 0.717) is 5.76 Å². The zero-order valence-corrected chi connectivity index (χ0v) is 5.11. The molecule has 0 unspecified atom stereocenters. The van der Waals surface area contributed by atoms with E-state index in [1.807, 2.05) is 0 Å². The van der Waals surface area contributed by atoms with Gasteiger partial charge in [-0.2, -0.15) is 0 Å². The van der Waals surface area contributed by atoms with Crippen molar-refractivity contribution in [2.24, 2.45) is 0 Å². The van der Waals surface area contributed by atoms with Crippen LogP contribution >= 0.6 is 0 Å². The topological polar surface area (TPSA) is 55.8 Å². The summed E-state index contributed by atoms with van der Waals surface area (Å²) in [7, 11) is 0. The van der Waals surface area contributed by atoms with Gasteiger partial charge in [0.05, 0.1) is 0 Å². The lowest BCUT2D eigenvalue weighted by Crippen LogP contribution is -2.01. The molecular weight excluding hydrogens is 136 g/mol. The highest BCUT2D eigenvalue weighted by molar-refractivity contribution is 5.69. The van der Waals surface area contributed by atoms with Gasteiger partial charge in [-0.1, -0.05) is 0 Å². The Morgan fingerprint density at radius 2 is 2.50 bits per heavy atom. The van der Waals surface area contributed by atoms with Crippen LogP contribution in [0.4, 0.5) is 0 Å². The molecule has 1 rings (SSSR count). The minimum absolute atomic E-state index is 0.148. The molecule has 1 heterocycles. The van der Waals surface area contributed by atoms with Gasteiger partial charge in [0.15, 0.2) is 5.76 Å². The van der Waals surface area contributed by atoms with E-state index < -0.39 is 5.97 Å². The quantitative estimate of drug-likeness (QED) is 0.580. The molecule has 0 amide bonds.